The van der Waals surface area contributed by atoms with Gasteiger partial charge in [-0.1, -0.05) is 39.3 Å². The number of aliphatic hydroxyl groups excluding tert-OH is 2. The van der Waals surface area contributed by atoms with Crippen LogP contribution in [0.25, 0.3) is 0 Å². The summed E-state index contributed by atoms with van der Waals surface area (Å²) in [5.74, 6) is -0.196. The first-order chi connectivity index (χ1) is 11.2. The quantitative estimate of drug-likeness (QED) is 0.661. The van der Waals surface area contributed by atoms with E-state index in [2.05, 4.69) is 33.8 Å². The molecule has 1 spiro atoms. The second kappa shape index (κ2) is 4.87. The molecule has 0 aromatic heterocycles. The van der Waals surface area contributed by atoms with Crippen molar-refractivity contribution in [3.63, 3.8) is 0 Å². The van der Waals surface area contributed by atoms with E-state index in [1.54, 1.807) is 0 Å². The van der Waals surface area contributed by atoms with E-state index in [0.29, 0.717) is 25.4 Å². The zero-order chi connectivity index (χ0) is 17.4. The van der Waals surface area contributed by atoms with Crippen LogP contribution in [-0.4, -0.2) is 35.3 Å². The van der Waals surface area contributed by atoms with Crippen molar-refractivity contribution in [3.05, 3.63) is 23.0 Å². The third-order valence-electron chi connectivity index (χ3n) is 7.39. The molecule has 1 saturated heterocycles. The number of allylic oxidation sites excluding steroid dienone is 2. The molecule has 0 unspecified atom stereocenters. The first-order valence-electron chi connectivity index (χ1n) is 9.28. The Hall–Kier alpha value is -0.840. The van der Waals surface area contributed by atoms with Crippen molar-refractivity contribution in [1.29, 1.82) is 0 Å². The maximum absolute atomic E-state index is 11.1. The van der Waals surface area contributed by atoms with Gasteiger partial charge in [0.1, 0.15) is 0 Å². The van der Waals surface area contributed by atoms with Crippen molar-refractivity contribution in [2.24, 2.45) is 16.2 Å². The Balaban J connectivity index is 1.90. The maximum Gasteiger partial charge on any atom is 0.177 e. The number of rotatable bonds is 0. The normalized spacial score (nSPS) is 43.4. The third kappa shape index (κ3) is 1.80. The van der Waals surface area contributed by atoms with Crippen LogP contribution >= 0.6 is 0 Å². The van der Waals surface area contributed by atoms with E-state index >= 15 is 0 Å². The molecular weight excluding hydrogens is 304 g/mol. The van der Waals surface area contributed by atoms with E-state index in [1.807, 2.05) is 0 Å². The van der Waals surface area contributed by atoms with E-state index in [0.717, 1.165) is 31.3 Å². The molecule has 1 saturated carbocycles. The van der Waals surface area contributed by atoms with Gasteiger partial charge >= 0.3 is 0 Å². The predicted molar refractivity (Wildman–Crippen MR) is 91.5 cm³/mol. The standard InChI is InChI=1S/C20H30O4/c1-17(2)16-13(21)12-19(4)14(6-5-7-15(19)22)18(16,3)8-9-20(17)23-10-11-24-20/h6,15,21-22H,5,7-12H2,1-4H3/t15-,18-,19-/m1/s1. The van der Waals surface area contributed by atoms with Crippen molar-refractivity contribution < 1.29 is 19.7 Å². The van der Waals surface area contributed by atoms with E-state index in [9.17, 15) is 10.2 Å². The molecule has 1 aliphatic heterocycles. The fourth-order valence-corrected chi connectivity index (χ4v) is 6.26. The number of hydrogen-bond acceptors (Lipinski definition) is 4. The highest BCUT2D eigenvalue weighted by atomic mass is 16.7. The van der Waals surface area contributed by atoms with Gasteiger partial charge in [-0.2, -0.15) is 0 Å². The van der Waals surface area contributed by atoms with Gasteiger partial charge in [0.05, 0.1) is 25.1 Å². The van der Waals surface area contributed by atoms with Gasteiger partial charge in [0.15, 0.2) is 5.79 Å². The Labute approximate surface area is 144 Å². The van der Waals surface area contributed by atoms with Gasteiger partial charge in [-0.15, -0.1) is 0 Å². The molecule has 3 aliphatic carbocycles. The van der Waals surface area contributed by atoms with Crippen LogP contribution in [0.5, 0.6) is 0 Å². The molecule has 2 fully saturated rings. The molecule has 134 valence electrons. The zero-order valence-electron chi connectivity index (χ0n) is 15.3. The Kier molecular flexibility index (Phi) is 3.37. The minimum absolute atomic E-state index is 0.234. The zero-order valence-corrected chi connectivity index (χ0v) is 15.3. The van der Waals surface area contributed by atoms with Crippen LogP contribution in [0.1, 0.15) is 59.8 Å². The highest BCUT2D eigenvalue weighted by Gasteiger charge is 2.65. The first-order valence-corrected chi connectivity index (χ1v) is 9.28. The fraction of sp³-hybridized carbons (Fsp3) is 0.800. The number of hydrogen-bond donors (Lipinski definition) is 2. The number of aliphatic hydroxyl groups is 2. The molecule has 4 rings (SSSR count). The summed E-state index contributed by atoms with van der Waals surface area (Å²) in [6.45, 7) is 9.87. The predicted octanol–water partition coefficient (Wildman–Crippen LogP) is 3.86. The maximum atomic E-state index is 11.1. The van der Waals surface area contributed by atoms with Crippen molar-refractivity contribution >= 4 is 0 Å². The summed E-state index contributed by atoms with van der Waals surface area (Å²) in [7, 11) is 0. The average Bonchev–Trinajstić information content (AvgIpc) is 2.96. The lowest BCUT2D eigenvalue weighted by Gasteiger charge is -2.61. The van der Waals surface area contributed by atoms with Crippen LogP contribution in [0.15, 0.2) is 23.0 Å². The van der Waals surface area contributed by atoms with Crippen molar-refractivity contribution in [3.8, 4) is 0 Å². The fourth-order valence-electron chi connectivity index (χ4n) is 6.26. The molecule has 4 aliphatic rings. The topological polar surface area (TPSA) is 58.9 Å². The van der Waals surface area contributed by atoms with Crippen LogP contribution in [0, 0.1) is 16.2 Å². The second-order valence-electron chi connectivity index (χ2n) is 9.03. The molecule has 3 atom stereocenters. The molecule has 0 bridgehead atoms. The lowest BCUT2D eigenvalue weighted by molar-refractivity contribution is -0.240. The van der Waals surface area contributed by atoms with E-state index in [4.69, 9.17) is 9.47 Å². The smallest absolute Gasteiger partial charge is 0.177 e. The molecule has 0 radical (unpaired) electrons. The monoisotopic (exact) mass is 334 g/mol. The lowest BCUT2D eigenvalue weighted by atomic mass is 9.46. The van der Waals surface area contributed by atoms with E-state index in [1.165, 1.54) is 5.57 Å². The third-order valence-corrected chi connectivity index (χ3v) is 7.39. The summed E-state index contributed by atoms with van der Waals surface area (Å²) in [5.41, 5.74) is 1.37. The summed E-state index contributed by atoms with van der Waals surface area (Å²) in [6.07, 6.45) is 5.82. The van der Waals surface area contributed by atoms with Crippen LogP contribution in [-0.2, 0) is 9.47 Å². The van der Waals surface area contributed by atoms with Gasteiger partial charge in [0, 0.05) is 29.1 Å². The van der Waals surface area contributed by atoms with Gasteiger partial charge in [0.2, 0.25) is 0 Å². The molecule has 0 aromatic carbocycles. The van der Waals surface area contributed by atoms with E-state index < -0.39 is 17.3 Å². The summed E-state index contributed by atoms with van der Waals surface area (Å²) in [5, 5.41) is 21.8. The largest absolute Gasteiger partial charge is 0.512 e. The summed E-state index contributed by atoms with van der Waals surface area (Å²) in [4.78, 5) is 0. The van der Waals surface area contributed by atoms with Crippen molar-refractivity contribution in [2.75, 3.05) is 13.2 Å². The molecule has 0 aromatic rings. The number of fused-ring (bicyclic) bond motifs is 3. The molecule has 1 heterocycles. The highest BCUT2D eigenvalue weighted by Crippen LogP contribution is 2.68. The van der Waals surface area contributed by atoms with Gasteiger partial charge in [-0.3, -0.25) is 0 Å². The van der Waals surface area contributed by atoms with Crippen LogP contribution in [0.3, 0.4) is 0 Å². The van der Waals surface area contributed by atoms with Gasteiger partial charge in [-0.25, -0.2) is 0 Å². The minimum atomic E-state index is -0.628. The molecule has 4 heteroatoms. The molecule has 4 nitrogen and oxygen atoms in total. The van der Waals surface area contributed by atoms with E-state index in [-0.39, 0.29) is 10.8 Å². The Morgan fingerprint density at radius 2 is 1.75 bits per heavy atom. The SMILES string of the molecule is CC1(C)C2=C(O)C[C@]3(C)C(=CCC[C@H]3O)[C@@]2(C)CCC12OCCO2. The molecule has 2 N–H and O–H groups in total. The summed E-state index contributed by atoms with van der Waals surface area (Å²) >= 11 is 0. The van der Waals surface area contributed by atoms with Gasteiger partial charge in [-0.05, 0) is 24.8 Å². The van der Waals surface area contributed by atoms with Crippen molar-refractivity contribution in [1.82, 2.24) is 0 Å². The summed E-state index contributed by atoms with van der Waals surface area (Å²) in [6, 6.07) is 0. The average molecular weight is 334 g/mol. The molecule has 0 amide bonds. The van der Waals surface area contributed by atoms with Crippen LogP contribution < -0.4 is 0 Å². The van der Waals surface area contributed by atoms with Crippen LogP contribution in [0.2, 0.25) is 0 Å². The Morgan fingerprint density at radius 1 is 1.08 bits per heavy atom. The Morgan fingerprint density at radius 3 is 2.42 bits per heavy atom. The summed E-state index contributed by atoms with van der Waals surface area (Å²) < 4.78 is 12.2. The number of ether oxygens (including phenoxy) is 2. The molecule has 24 heavy (non-hydrogen) atoms. The first kappa shape index (κ1) is 16.6. The molecular formula is C20H30O4. The van der Waals surface area contributed by atoms with Gasteiger partial charge in [0.25, 0.3) is 0 Å². The second-order valence-corrected chi connectivity index (χ2v) is 9.03. The van der Waals surface area contributed by atoms with Crippen LogP contribution in [0.4, 0.5) is 0 Å². The van der Waals surface area contributed by atoms with Gasteiger partial charge < -0.3 is 19.7 Å². The highest BCUT2D eigenvalue weighted by molar-refractivity contribution is 5.46. The minimum Gasteiger partial charge on any atom is -0.512 e. The Bertz CT molecular complexity index is 626. The lowest BCUT2D eigenvalue weighted by Crippen LogP contribution is -2.59. The van der Waals surface area contributed by atoms with Crippen molar-refractivity contribution in [2.45, 2.75) is 71.7 Å².